The van der Waals surface area contributed by atoms with Crippen molar-refractivity contribution in [3.05, 3.63) is 34.8 Å². The average Bonchev–Trinajstić information content (AvgIpc) is 2.76. The number of anilines is 1. The summed E-state index contributed by atoms with van der Waals surface area (Å²) in [5.41, 5.74) is 1.19. The summed E-state index contributed by atoms with van der Waals surface area (Å²) in [6, 6.07) is 8.04. The third-order valence-corrected chi connectivity index (χ3v) is 3.35. The molecule has 5 heteroatoms. The van der Waals surface area contributed by atoms with Gasteiger partial charge in [0.2, 0.25) is 5.13 Å². The Morgan fingerprint density at radius 2 is 2.18 bits per heavy atom. The number of nitrogens with zero attached hydrogens (tertiary/aromatic N) is 3. The number of aryl methyl sites for hydroxylation is 1. The summed E-state index contributed by atoms with van der Waals surface area (Å²) in [5.74, 6) is 0.879. The third kappa shape index (κ3) is 2.94. The molecule has 0 saturated carbocycles. The van der Waals surface area contributed by atoms with Gasteiger partial charge in [-0.3, -0.25) is 0 Å². The molecule has 0 amide bonds. The molecular formula is C12H15N3OS. The second-order valence-corrected chi connectivity index (χ2v) is 4.97. The fourth-order valence-corrected chi connectivity index (χ4v) is 2.20. The third-order valence-electron chi connectivity index (χ3n) is 2.40. The van der Waals surface area contributed by atoms with Crippen molar-refractivity contribution in [3.8, 4) is 5.75 Å². The largest absolute Gasteiger partial charge is 0.497 e. The molecule has 0 atom stereocenters. The minimum atomic E-state index is 0.797. The van der Waals surface area contributed by atoms with Crippen molar-refractivity contribution in [1.29, 1.82) is 0 Å². The van der Waals surface area contributed by atoms with E-state index < -0.39 is 0 Å². The monoisotopic (exact) mass is 249 g/mol. The van der Waals surface area contributed by atoms with E-state index in [1.54, 1.807) is 18.4 Å². The first kappa shape index (κ1) is 11.9. The number of hydrogen-bond acceptors (Lipinski definition) is 5. The van der Waals surface area contributed by atoms with E-state index in [0.717, 1.165) is 22.4 Å². The molecule has 17 heavy (non-hydrogen) atoms. The van der Waals surface area contributed by atoms with Crippen LogP contribution in [0.4, 0.5) is 5.13 Å². The van der Waals surface area contributed by atoms with E-state index in [-0.39, 0.29) is 0 Å². The van der Waals surface area contributed by atoms with Gasteiger partial charge in [0.1, 0.15) is 10.8 Å². The SMILES string of the molecule is COc1cccc(CN(C)c2nnc(C)s2)c1. The lowest BCUT2D eigenvalue weighted by molar-refractivity contribution is 0.414. The number of aromatic nitrogens is 2. The van der Waals surface area contributed by atoms with E-state index in [4.69, 9.17) is 4.74 Å². The molecule has 90 valence electrons. The Labute approximate surface area is 105 Å². The lowest BCUT2D eigenvalue weighted by Gasteiger charge is -2.15. The maximum absolute atomic E-state index is 5.20. The molecule has 0 bridgehead atoms. The van der Waals surface area contributed by atoms with Gasteiger partial charge >= 0.3 is 0 Å². The highest BCUT2D eigenvalue weighted by Gasteiger charge is 2.07. The number of ether oxygens (including phenoxy) is 1. The zero-order valence-corrected chi connectivity index (χ0v) is 11.0. The topological polar surface area (TPSA) is 38.2 Å². The first-order valence-electron chi connectivity index (χ1n) is 5.33. The summed E-state index contributed by atoms with van der Waals surface area (Å²) in [6.07, 6.45) is 0. The Hall–Kier alpha value is -1.62. The average molecular weight is 249 g/mol. The van der Waals surface area contributed by atoms with Crippen LogP contribution in [0.5, 0.6) is 5.75 Å². The Bertz CT molecular complexity index is 498. The molecule has 0 N–H and O–H groups in total. The Balaban J connectivity index is 2.09. The zero-order chi connectivity index (χ0) is 12.3. The minimum absolute atomic E-state index is 0.797. The molecule has 1 heterocycles. The smallest absolute Gasteiger partial charge is 0.208 e. The second-order valence-electron chi connectivity index (χ2n) is 3.81. The number of methoxy groups -OCH3 is 1. The van der Waals surface area contributed by atoms with Gasteiger partial charge in [0.15, 0.2) is 0 Å². The van der Waals surface area contributed by atoms with Crippen molar-refractivity contribution in [1.82, 2.24) is 10.2 Å². The maximum Gasteiger partial charge on any atom is 0.208 e. The Morgan fingerprint density at radius 3 is 2.82 bits per heavy atom. The van der Waals surface area contributed by atoms with Crippen LogP contribution < -0.4 is 9.64 Å². The lowest BCUT2D eigenvalue weighted by atomic mass is 10.2. The van der Waals surface area contributed by atoms with Gasteiger partial charge in [-0.25, -0.2) is 0 Å². The van der Waals surface area contributed by atoms with Crippen molar-refractivity contribution in [3.63, 3.8) is 0 Å². The van der Waals surface area contributed by atoms with Crippen LogP contribution in [-0.4, -0.2) is 24.4 Å². The van der Waals surface area contributed by atoms with E-state index in [0.29, 0.717) is 0 Å². The van der Waals surface area contributed by atoms with Crippen LogP contribution >= 0.6 is 11.3 Å². The van der Waals surface area contributed by atoms with Gasteiger partial charge in [0.05, 0.1) is 7.11 Å². The first-order chi connectivity index (χ1) is 8.19. The van der Waals surface area contributed by atoms with E-state index in [2.05, 4.69) is 21.2 Å². The quantitative estimate of drug-likeness (QED) is 0.834. The van der Waals surface area contributed by atoms with E-state index in [1.165, 1.54) is 5.56 Å². The molecule has 2 rings (SSSR count). The Kier molecular flexibility index (Phi) is 3.58. The van der Waals surface area contributed by atoms with Crippen LogP contribution in [0.15, 0.2) is 24.3 Å². The van der Waals surface area contributed by atoms with Crippen LogP contribution in [0.1, 0.15) is 10.6 Å². The molecule has 2 aromatic rings. The highest BCUT2D eigenvalue weighted by molar-refractivity contribution is 7.15. The maximum atomic E-state index is 5.20. The highest BCUT2D eigenvalue weighted by Crippen LogP contribution is 2.21. The fraction of sp³-hybridized carbons (Fsp3) is 0.333. The molecule has 0 fully saturated rings. The summed E-state index contributed by atoms with van der Waals surface area (Å²) in [5, 5.41) is 10.1. The van der Waals surface area contributed by atoms with E-state index in [1.807, 2.05) is 32.2 Å². The van der Waals surface area contributed by atoms with Gasteiger partial charge in [-0.2, -0.15) is 0 Å². The normalized spacial score (nSPS) is 10.3. The molecule has 1 aromatic carbocycles. The predicted octanol–water partition coefficient (Wildman–Crippen LogP) is 2.49. The molecule has 0 unspecified atom stereocenters. The minimum Gasteiger partial charge on any atom is -0.497 e. The summed E-state index contributed by atoms with van der Waals surface area (Å²) < 4.78 is 5.20. The number of rotatable bonds is 4. The summed E-state index contributed by atoms with van der Waals surface area (Å²) in [7, 11) is 3.69. The Morgan fingerprint density at radius 1 is 1.35 bits per heavy atom. The number of hydrogen-bond donors (Lipinski definition) is 0. The van der Waals surface area contributed by atoms with E-state index >= 15 is 0 Å². The molecule has 1 aromatic heterocycles. The molecule has 0 saturated heterocycles. The molecule has 0 aliphatic rings. The van der Waals surface area contributed by atoms with Gasteiger partial charge in [-0.15, -0.1) is 10.2 Å². The molecule has 0 spiro atoms. The van der Waals surface area contributed by atoms with Gasteiger partial charge < -0.3 is 9.64 Å². The van der Waals surface area contributed by atoms with E-state index in [9.17, 15) is 0 Å². The highest BCUT2D eigenvalue weighted by atomic mass is 32.1. The van der Waals surface area contributed by atoms with Crippen molar-refractivity contribution < 1.29 is 4.74 Å². The standard InChI is InChI=1S/C12H15N3OS/c1-9-13-14-12(17-9)15(2)8-10-5-4-6-11(7-10)16-3/h4-7H,8H2,1-3H3. The lowest BCUT2D eigenvalue weighted by Crippen LogP contribution is -2.16. The molecule has 0 aliphatic carbocycles. The predicted molar refractivity (Wildman–Crippen MR) is 69.7 cm³/mol. The van der Waals surface area contributed by atoms with Crippen molar-refractivity contribution >= 4 is 16.5 Å². The van der Waals surface area contributed by atoms with Gasteiger partial charge in [0, 0.05) is 13.6 Å². The summed E-state index contributed by atoms with van der Waals surface area (Å²) >= 11 is 1.60. The van der Waals surface area contributed by atoms with Crippen LogP contribution in [0.2, 0.25) is 0 Å². The fourth-order valence-electron chi connectivity index (χ4n) is 1.55. The zero-order valence-electron chi connectivity index (χ0n) is 10.2. The van der Waals surface area contributed by atoms with Crippen molar-refractivity contribution in [2.45, 2.75) is 13.5 Å². The summed E-state index contributed by atoms with van der Waals surface area (Å²) in [4.78, 5) is 2.08. The molecule has 0 aliphatic heterocycles. The first-order valence-corrected chi connectivity index (χ1v) is 6.15. The second kappa shape index (κ2) is 5.14. The molecule has 0 radical (unpaired) electrons. The van der Waals surface area contributed by atoms with Gasteiger partial charge in [0.25, 0.3) is 0 Å². The number of benzene rings is 1. The van der Waals surface area contributed by atoms with Crippen LogP contribution in [0.3, 0.4) is 0 Å². The van der Waals surface area contributed by atoms with Gasteiger partial charge in [-0.1, -0.05) is 23.5 Å². The van der Waals surface area contributed by atoms with Gasteiger partial charge in [-0.05, 0) is 24.6 Å². The molecule has 4 nitrogen and oxygen atoms in total. The van der Waals surface area contributed by atoms with Crippen molar-refractivity contribution in [2.24, 2.45) is 0 Å². The van der Waals surface area contributed by atoms with Crippen LogP contribution in [0, 0.1) is 6.92 Å². The van der Waals surface area contributed by atoms with Crippen LogP contribution in [0.25, 0.3) is 0 Å². The van der Waals surface area contributed by atoms with Crippen LogP contribution in [-0.2, 0) is 6.54 Å². The molecular weight excluding hydrogens is 234 g/mol. The summed E-state index contributed by atoms with van der Waals surface area (Å²) in [6.45, 7) is 2.76. The van der Waals surface area contributed by atoms with Crippen molar-refractivity contribution in [2.75, 3.05) is 19.1 Å².